The summed E-state index contributed by atoms with van der Waals surface area (Å²) in [5.41, 5.74) is 0.0554. The van der Waals surface area contributed by atoms with Crippen LogP contribution < -0.4 is 0 Å². The van der Waals surface area contributed by atoms with Crippen molar-refractivity contribution in [2.24, 2.45) is 0 Å². The van der Waals surface area contributed by atoms with E-state index in [0.29, 0.717) is 6.10 Å². The fourth-order valence-electron chi connectivity index (χ4n) is 1.42. The van der Waals surface area contributed by atoms with Gasteiger partial charge in [0, 0.05) is 6.61 Å². The van der Waals surface area contributed by atoms with Gasteiger partial charge in [0.1, 0.15) is 0 Å². The summed E-state index contributed by atoms with van der Waals surface area (Å²) in [5, 5.41) is 8.62. The van der Waals surface area contributed by atoms with Crippen molar-refractivity contribution in [1.29, 1.82) is 0 Å². The molecule has 0 aromatic carbocycles. The number of aliphatic hydroxyl groups excluding tert-OH is 1. The van der Waals surface area contributed by atoms with E-state index in [1.54, 1.807) is 0 Å². The first kappa shape index (κ1) is 8.02. The molecule has 0 radical (unpaired) electrons. The molecule has 1 fully saturated rings. The van der Waals surface area contributed by atoms with Gasteiger partial charge in [0.2, 0.25) is 0 Å². The summed E-state index contributed by atoms with van der Waals surface area (Å²) in [5.74, 6) is 0. The van der Waals surface area contributed by atoms with Crippen molar-refractivity contribution in [3.05, 3.63) is 0 Å². The zero-order valence-corrected chi connectivity index (χ0v) is 6.76. The summed E-state index contributed by atoms with van der Waals surface area (Å²) in [6, 6.07) is 0. The van der Waals surface area contributed by atoms with Gasteiger partial charge in [-0.15, -0.1) is 0 Å². The van der Waals surface area contributed by atoms with Crippen LogP contribution >= 0.6 is 0 Å². The second-order valence-corrected chi connectivity index (χ2v) is 3.55. The predicted molar refractivity (Wildman–Crippen MR) is 39.9 cm³/mol. The molecule has 1 aliphatic rings. The van der Waals surface area contributed by atoms with Crippen LogP contribution in [0.25, 0.3) is 0 Å². The summed E-state index contributed by atoms with van der Waals surface area (Å²) in [6.45, 7) is 4.45. The number of hydrogen-bond donors (Lipinski definition) is 1. The molecule has 60 valence electrons. The first-order valence-corrected chi connectivity index (χ1v) is 3.93. The van der Waals surface area contributed by atoms with Crippen molar-refractivity contribution < 1.29 is 9.84 Å². The van der Waals surface area contributed by atoms with Crippen molar-refractivity contribution in [1.82, 2.24) is 0 Å². The first-order chi connectivity index (χ1) is 4.64. The fourth-order valence-corrected chi connectivity index (χ4v) is 1.42. The van der Waals surface area contributed by atoms with Gasteiger partial charge in [-0.25, -0.2) is 0 Å². The minimum atomic E-state index is 0.0554. The fraction of sp³-hybridized carbons (Fsp3) is 1.00. The van der Waals surface area contributed by atoms with Gasteiger partial charge in [-0.05, 0) is 33.1 Å². The molecule has 2 nitrogen and oxygen atoms in total. The quantitative estimate of drug-likeness (QED) is 0.633. The Kier molecular flexibility index (Phi) is 2.32. The smallest absolute Gasteiger partial charge is 0.0631 e. The van der Waals surface area contributed by atoms with Crippen LogP contribution in [0.5, 0.6) is 0 Å². The van der Waals surface area contributed by atoms with E-state index < -0.39 is 0 Å². The van der Waals surface area contributed by atoms with Gasteiger partial charge in [-0.2, -0.15) is 0 Å². The van der Waals surface area contributed by atoms with Crippen LogP contribution in [0.15, 0.2) is 0 Å². The summed E-state index contributed by atoms with van der Waals surface area (Å²) < 4.78 is 5.63. The summed E-state index contributed by atoms with van der Waals surface area (Å²) in [4.78, 5) is 0. The molecule has 0 aromatic rings. The lowest BCUT2D eigenvalue weighted by Crippen LogP contribution is -2.20. The molecular formula is C8H16O2. The monoisotopic (exact) mass is 144 g/mol. The largest absolute Gasteiger partial charge is 0.396 e. The van der Waals surface area contributed by atoms with Crippen molar-refractivity contribution in [2.45, 2.75) is 44.8 Å². The Balaban J connectivity index is 2.29. The Morgan fingerprint density at radius 2 is 2.30 bits per heavy atom. The van der Waals surface area contributed by atoms with Gasteiger partial charge in [0.25, 0.3) is 0 Å². The van der Waals surface area contributed by atoms with E-state index >= 15 is 0 Å². The van der Waals surface area contributed by atoms with Gasteiger partial charge >= 0.3 is 0 Å². The Morgan fingerprint density at radius 3 is 2.70 bits per heavy atom. The van der Waals surface area contributed by atoms with Gasteiger partial charge in [-0.1, -0.05) is 0 Å². The molecule has 0 aliphatic carbocycles. The average molecular weight is 144 g/mol. The third kappa shape index (κ3) is 1.96. The lowest BCUT2D eigenvalue weighted by Gasteiger charge is -2.18. The molecule has 0 saturated carbocycles. The van der Waals surface area contributed by atoms with Crippen molar-refractivity contribution >= 4 is 0 Å². The van der Waals surface area contributed by atoms with Crippen LogP contribution in [0.1, 0.15) is 33.1 Å². The normalized spacial score (nSPS) is 30.9. The van der Waals surface area contributed by atoms with Crippen LogP contribution in [-0.4, -0.2) is 23.4 Å². The minimum absolute atomic E-state index is 0.0554. The Morgan fingerprint density at radius 1 is 1.60 bits per heavy atom. The van der Waals surface area contributed by atoms with E-state index in [-0.39, 0.29) is 12.2 Å². The summed E-state index contributed by atoms with van der Waals surface area (Å²) >= 11 is 0. The molecule has 0 aromatic heterocycles. The second-order valence-electron chi connectivity index (χ2n) is 3.55. The molecule has 1 rings (SSSR count). The lowest BCUT2D eigenvalue weighted by atomic mass is 10.1. The van der Waals surface area contributed by atoms with E-state index in [1.807, 2.05) is 0 Å². The van der Waals surface area contributed by atoms with Crippen LogP contribution in [0, 0.1) is 0 Å². The molecule has 1 atom stereocenters. The number of aliphatic hydroxyl groups is 1. The molecule has 2 heteroatoms. The SMILES string of the molecule is CC1(C)CC[C@@H](CCO)O1. The first-order valence-electron chi connectivity index (χ1n) is 3.93. The third-order valence-electron chi connectivity index (χ3n) is 2.01. The van der Waals surface area contributed by atoms with Crippen molar-refractivity contribution in [3.8, 4) is 0 Å². The number of ether oxygens (including phenoxy) is 1. The molecule has 1 saturated heterocycles. The van der Waals surface area contributed by atoms with Crippen LogP contribution in [-0.2, 0) is 4.74 Å². The van der Waals surface area contributed by atoms with Crippen molar-refractivity contribution in [2.75, 3.05) is 6.61 Å². The number of rotatable bonds is 2. The molecule has 10 heavy (non-hydrogen) atoms. The zero-order chi connectivity index (χ0) is 7.61. The molecule has 0 bridgehead atoms. The van der Waals surface area contributed by atoms with Crippen LogP contribution in [0.4, 0.5) is 0 Å². The highest BCUT2D eigenvalue weighted by atomic mass is 16.5. The molecular weight excluding hydrogens is 128 g/mol. The minimum Gasteiger partial charge on any atom is -0.396 e. The van der Waals surface area contributed by atoms with Crippen molar-refractivity contribution in [3.63, 3.8) is 0 Å². The highest BCUT2D eigenvalue weighted by Crippen LogP contribution is 2.30. The molecule has 0 amide bonds. The van der Waals surface area contributed by atoms with E-state index in [9.17, 15) is 0 Å². The second kappa shape index (κ2) is 2.89. The van der Waals surface area contributed by atoms with Crippen LogP contribution in [0.3, 0.4) is 0 Å². The van der Waals surface area contributed by atoms with E-state index in [4.69, 9.17) is 9.84 Å². The highest BCUT2D eigenvalue weighted by molar-refractivity contribution is 4.80. The summed E-state index contributed by atoms with van der Waals surface area (Å²) in [7, 11) is 0. The molecule has 1 heterocycles. The Labute approximate surface area is 62.2 Å². The highest BCUT2D eigenvalue weighted by Gasteiger charge is 2.30. The maximum atomic E-state index is 8.62. The molecule has 1 aliphatic heterocycles. The molecule has 1 N–H and O–H groups in total. The maximum absolute atomic E-state index is 8.62. The van der Waals surface area contributed by atoms with E-state index in [0.717, 1.165) is 19.3 Å². The number of hydrogen-bond acceptors (Lipinski definition) is 2. The standard InChI is InChI=1S/C8H16O2/c1-8(2)5-3-7(10-8)4-6-9/h7,9H,3-6H2,1-2H3/t7-/m0/s1. The maximum Gasteiger partial charge on any atom is 0.0631 e. The topological polar surface area (TPSA) is 29.5 Å². The van der Waals surface area contributed by atoms with Gasteiger partial charge < -0.3 is 9.84 Å². The van der Waals surface area contributed by atoms with Gasteiger partial charge in [0.15, 0.2) is 0 Å². The van der Waals surface area contributed by atoms with E-state index in [1.165, 1.54) is 0 Å². The Hall–Kier alpha value is -0.0800. The van der Waals surface area contributed by atoms with Crippen LogP contribution in [0.2, 0.25) is 0 Å². The van der Waals surface area contributed by atoms with E-state index in [2.05, 4.69) is 13.8 Å². The zero-order valence-electron chi connectivity index (χ0n) is 6.76. The lowest BCUT2D eigenvalue weighted by molar-refractivity contribution is -0.0236. The third-order valence-corrected chi connectivity index (χ3v) is 2.01. The van der Waals surface area contributed by atoms with Gasteiger partial charge in [-0.3, -0.25) is 0 Å². The summed E-state index contributed by atoms with van der Waals surface area (Å²) in [6.07, 6.45) is 3.33. The Bertz CT molecular complexity index is 110. The average Bonchev–Trinajstić information content (AvgIpc) is 2.12. The van der Waals surface area contributed by atoms with Gasteiger partial charge in [0.05, 0.1) is 11.7 Å². The molecule has 0 spiro atoms. The predicted octanol–water partition coefficient (Wildman–Crippen LogP) is 1.33. The molecule has 0 unspecified atom stereocenters.